The Morgan fingerprint density at radius 3 is 3.00 bits per heavy atom. The molecule has 23 heavy (non-hydrogen) atoms. The van der Waals surface area contributed by atoms with E-state index in [2.05, 4.69) is 15.3 Å². The zero-order valence-electron chi connectivity index (χ0n) is 13.5. The molecule has 0 aliphatic carbocycles. The van der Waals surface area contributed by atoms with Crippen molar-refractivity contribution in [2.24, 2.45) is 0 Å². The summed E-state index contributed by atoms with van der Waals surface area (Å²) in [5.41, 5.74) is 0. The van der Waals surface area contributed by atoms with Gasteiger partial charge in [-0.2, -0.15) is 0 Å². The number of H-pyrrole nitrogens is 1. The van der Waals surface area contributed by atoms with Crippen molar-refractivity contribution in [1.82, 2.24) is 25.1 Å². The zero-order valence-corrected chi connectivity index (χ0v) is 13.5. The second kappa shape index (κ2) is 7.48. The van der Waals surface area contributed by atoms with E-state index in [0.29, 0.717) is 13.0 Å². The highest BCUT2D eigenvalue weighted by atomic mass is 16.2. The predicted octanol–water partition coefficient (Wildman–Crippen LogP) is 1.49. The molecule has 126 valence electrons. The van der Waals surface area contributed by atoms with Crippen LogP contribution in [0.15, 0.2) is 12.4 Å². The van der Waals surface area contributed by atoms with Crippen LogP contribution >= 0.6 is 0 Å². The smallest absolute Gasteiger partial charge is 0.318 e. The van der Waals surface area contributed by atoms with E-state index in [1.165, 1.54) is 0 Å². The van der Waals surface area contributed by atoms with Gasteiger partial charge < -0.3 is 20.1 Å². The molecule has 0 aromatic carbocycles. The summed E-state index contributed by atoms with van der Waals surface area (Å²) in [4.78, 5) is 35.2. The molecule has 2 saturated heterocycles. The molecule has 0 spiro atoms. The average Bonchev–Trinajstić information content (AvgIpc) is 3.22. The van der Waals surface area contributed by atoms with Crippen molar-refractivity contribution in [2.75, 3.05) is 19.6 Å². The van der Waals surface area contributed by atoms with Gasteiger partial charge in [-0.05, 0) is 32.1 Å². The Balaban J connectivity index is 1.50. The molecule has 7 nitrogen and oxygen atoms in total. The first-order valence-corrected chi connectivity index (χ1v) is 8.54. The number of piperidine rings is 1. The number of aromatic nitrogens is 2. The Morgan fingerprint density at radius 2 is 2.26 bits per heavy atom. The van der Waals surface area contributed by atoms with Crippen molar-refractivity contribution in [1.29, 1.82) is 0 Å². The fraction of sp³-hybridized carbons (Fsp3) is 0.688. The predicted molar refractivity (Wildman–Crippen MR) is 85.6 cm³/mol. The second-order valence-electron chi connectivity index (χ2n) is 6.31. The lowest BCUT2D eigenvalue weighted by atomic mass is 9.99. The first-order chi connectivity index (χ1) is 11.2. The molecular formula is C16H25N5O2. The largest absolute Gasteiger partial charge is 0.347 e. The SMILES string of the molecule is O=C1CCCN1CC[C@H]1CCCCN1C(=O)NCc1ncc[nH]1. The summed E-state index contributed by atoms with van der Waals surface area (Å²) in [5.74, 6) is 1.02. The molecule has 2 N–H and O–H groups in total. The van der Waals surface area contributed by atoms with Gasteiger partial charge in [0, 0.05) is 44.5 Å². The van der Waals surface area contributed by atoms with Crippen LogP contribution < -0.4 is 5.32 Å². The van der Waals surface area contributed by atoms with Gasteiger partial charge in [0.1, 0.15) is 5.82 Å². The van der Waals surface area contributed by atoms with E-state index in [4.69, 9.17) is 0 Å². The van der Waals surface area contributed by atoms with E-state index in [9.17, 15) is 9.59 Å². The summed E-state index contributed by atoms with van der Waals surface area (Å²) in [7, 11) is 0. The van der Waals surface area contributed by atoms with Crippen LogP contribution in [0.25, 0.3) is 0 Å². The highest BCUT2D eigenvalue weighted by Gasteiger charge is 2.28. The highest BCUT2D eigenvalue weighted by molar-refractivity contribution is 5.78. The third-order valence-corrected chi connectivity index (χ3v) is 4.75. The maximum atomic E-state index is 12.5. The number of amides is 3. The van der Waals surface area contributed by atoms with E-state index in [1.807, 2.05) is 9.80 Å². The van der Waals surface area contributed by atoms with E-state index >= 15 is 0 Å². The summed E-state index contributed by atoms with van der Waals surface area (Å²) in [6, 6.07) is 0.201. The summed E-state index contributed by atoms with van der Waals surface area (Å²) >= 11 is 0. The molecule has 0 radical (unpaired) electrons. The summed E-state index contributed by atoms with van der Waals surface area (Å²) in [6.45, 7) is 2.85. The Bertz CT molecular complexity index is 531. The number of nitrogens with zero attached hydrogens (tertiary/aromatic N) is 3. The number of rotatable bonds is 5. The topological polar surface area (TPSA) is 81.3 Å². The standard InChI is InChI=1S/C16H25N5O2/c22-15-5-3-9-20(15)11-6-13-4-1-2-10-21(13)16(23)19-12-14-17-7-8-18-14/h7-8,13H,1-6,9-12H2,(H,17,18)(H,19,23)/t13-/m1/s1. The van der Waals surface area contributed by atoms with Crippen LogP contribution in [0.3, 0.4) is 0 Å². The Labute approximate surface area is 136 Å². The van der Waals surface area contributed by atoms with Crippen molar-refractivity contribution < 1.29 is 9.59 Å². The zero-order chi connectivity index (χ0) is 16.1. The number of nitrogens with one attached hydrogen (secondary N) is 2. The minimum Gasteiger partial charge on any atom is -0.347 e. The molecule has 0 bridgehead atoms. The molecule has 3 heterocycles. The molecule has 2 fully saturated rings. The van der Waals surface area contributed by atoms with Gasteiger partial charge in [-0.1, -0.05) is 0 Å². The lowest BCUT2D eigenvalue weighted by Crippen LogP contribution is -2.49. The van der Waals surface area contributed by atoms with Crippen LogP contribution in [-0.4, -0.2) is 57.4 Å². The molecular weight excluding hydrogens is 294 g/mol. The number of imidazole rings is 1. The molecule has 0 unspecified atom stereocenters. The van der Waals surface area contributed by atoms with Gasteiger partial charge in [-0.15, -0.1) is 0 Å². The highest BCUT2D eigenvalue weighted by Crippen LogP contribution is 2.21. The average molecular weight is 319 g/mol. The lowest BCUT2D eigenvalue weighted by molar-refractivity contribution is -0.127. The van der Waals surface area contributed by atoms with Crippen LogP contribution in [-0.2, 0) is 11.3 Å². The molecule has 1 aromatic heterocycles. The maximum Gasteiger partial charge on any atom is 0.318 e. The van der Waals surface area contributed by atoms with Crippen LogP contribution in [0.5, 0.6) is 0 Å². The molecule has 0 saturated carbocycles. The summed E-state index contributed by atoms with van der Waals surface area (Å²) in [6.07, 6.45) is 9.18. The van der Waals surface area contributed by atoms with E-state index in [-0.39, 0.29) is 18.0 Å². The van der Waals surface area contributed by atoms with Crippen molar-refractivity contribution in [2.45, 2.75) is 51.1 Å². The van der Waals surface area contributed by atoms with Gasteiger partial charge >= 0.3 is 6.03 Å². The summed E-state index contributed by atoms with van der Waals surface area (Å²) < 4.78 is 0. The van der Waals surface area contributed by atoms with Crippen molar-refractivity contribution in [3.8, 4) is 0 Å². The van der Waals surface area contributed by atoms with Crippen LogP contribution in [0.4, 0.5) is 4.79 Å². The van der Waals surface area contributed by atoms with Crippen molar-refractivity contribution in [3.05, 3.63) is 18.2 Å². The number of hydrogen-bond acceptors (Lipinski definition) is 3. The minimum atomic E-state index is -0.0288. The fourth-order valence-electron chi connectivity index (χ4n) is 3.47. The Hall–Kier alpha value is -2.05. The molecule has 7 heteroatoms. The fourth-order valence-corrected chi connectivity index (χ4v) is 3.47. The summed E-state index contributed by atoms with van der Waals surface area (Å²) in [5, 5.41) is 2.93. The van der Waals surface area contributed by atoms with Crippen molar-refractivity contribution >= 4 is 11.9 Å². The van der Waals surface area contributed by atoms with Crippen LogP contribution in [0.1, 0.15) is 44.3 Å². The Kier molecular flexibility index (Phi) is 5.15. The van der Waals surface area contributed by atoms with Gasteiger partial charge in [-0.25, -0.2) is 9.78 Å². The second-order valence-corrected chi connectivity index (χ2v) is 6.31. The third kappa shape index (κ3) is 4.03. The molecule has 2 aliphatic heterocycles. The number of carbonyl (C=O) groups excluding carboxylic acids is 2. The minimum absolute atomic E-state index is 0.0288. The molecule has 3 rings (SSSR count). The number of carbonyl (C=O) groups is 2. The molecule has 2 aliphatic rings. The van der Waals surface area contributed by atoms with Gasteiger partial charge in [0.25, 0.3) is 0 Å². The number of likely N-dealkylation sites (tertiary alicyclic amines) is 2. The van der Waals surface area contributed by atoms with Gasteiger partial charge in [0.15, 0.2) is 0 Å². The molecule has 1 atom stereocenters. The van der Waals surface area contributed by atoms with E-state index in [1.54, 1.807) is 12.4 Å². The van der Waals surface area contributed by atoms with Crippen LogP contribution in [0.2, 0.25) is 0 Å². The van der Waals surface area contributed by atoms with Gasteiger partial charge in [0.2, 0.25) is 5.91 Å². The first-order valence-electron chi connectivity index (χ1n) is 8.54. The van der Waals surface area contributed by atoms with E-state index < -0.39 is 0 Å². The van der Waals surface area contributed by atoms with Gasteiger partial charge in [0.05, 0.1) is 6.54 Å². The maximum absolute atomic E-state index is 12.5. The lowest BCUT2D eigenvalue weighted by Gasteiger charge is -2.36. The van der Waals surface area contributed by atoms with Crippen LogP contribution in [0, 0.1) is 0 Å². The quantitative estimate of drug-likeness (QED) is 0.862. The van der Waals surface area contributed by atoms with E-state index in [0.717, 1.165) is 57.6 Å². The molecule has 3 amide bonds. The molecule has 1 aromatic rings. The number of hydrogen-bond donors (Lipinski definition) is 2. The third-order valence-electron chi connectivity index (χ3n) is 4.75. The van der Waals surface area contributed by atoms with Crippen molar-refractivity contribution in [3.63, 3.8) is 0 Å². The number of urea groups is 1. The first kappa shape index (κ1) is 15.8. The Morgan fingerprint density at radius 1 is 1.35 bits per heavy atom. The van der Waals surface area contributed by atoms with Gasteiger partial charge in [-0.3, -0.25) is 4.79 Å². The number of aromatic amines is 1. The monoisotopic (exact) mass is 319 g/mol. The normalized spacial score (nSPS) is 21.7.